The molecule has 1 aromatic carbocycles. The summed E-state index contributed by atoms with van der Waals surface area (Å²) in [5, 5.41) is 4.55. The first-order valence-electron chi connectivity index (χ1n) is 10.2. The maximum Gasteiger partial charge on any atom is 0.244 e. The van der Waals surface area contributed by atoms with Gasteiger partial charge in [-0.3, -0.25) is 9.30 Å². The van der Waals surface area contributed by atoms with E-state index in [0.717, 1.165) is 13.0 Å². The highest BCUT2D eigenvalue weighted by atomic mass is 32.2. The van der Waals surface area contributed by atoms with Gasteiger partial charge < -0.3 is 0 Å². The van der Waals surface area contributed by atoms with Gasteiger partial charge in [0.05, 0.1) is 11.6 Å². The Labute approximate surface area is 183 Å². The van der Waals surface area contributed by atoms with Gasteiger partial charge in [0.2, 0.25) is 14.8 Å². The third-order valence-electron chi connectivity index (χ3n) is 5.15. The first-order valence-corrected chi connectivity index (χ1v) is 12.0. The van der Waals surface area contributed by atoms with Gasteiger partial charge in [0.15, 0.2) is 5.65 Å². The first-order chi connectivity index (χ1) is 14.3. The fourth-order valence-electron chi connectivity index (χ4n) is 3.43. The van der Waals surface area contributed by atoms with Crippen LogP contribution >= 0.6 is 12.2 Å². The summed E-state index contributed by atoms with van der Waals surface area (Å²) in [5.74, 6) is 0. The zero-order chi connectivity index (χ0) is 21.9. The summed E-state index contributed by atoms with van der Waals surface area (Å²) in [4.78, 5) is 2.34. The molecule has 7 nitrogen and oxygen atoms in total. The fraction of sp³-hybridized carbons (Fsp3) is 0.429. The van der Waals surface area contributed by atoms with E-state index >= 15 is 0 Å². The maximum absolute atomic E-state index is 12.8. The number of benzene rings is 1. The maximum atomic E-state index is 12.8. The lowest BCUT2D eigenvalue weighted by Gasteiger charge is -2.18. The number of hydrogen-bond acceptors (Lipinski definition) is 5. The molecule has 162 valence electrons. The molecular formula is C21H29N5O2S2. The van der Waals surface area contributed by atoms with Gasteiger partial charge in [-0.25, -0.2) is 13.1 Å². The molecule has 3 rings (SSSR count). The van der Waals surface area contributed by atoms with E-state index < -0.39 is 10.0 Å². The molecule has 0 N–H and O–H groups in total. The molecule has 0 radical (unpaired) electrons. The Hall–Kier alpha value is -2.07. The van der Waals surface area contributed by atoms with Crippen molar-refractivity contribution in [1.82, 2.24) is 23.4 Å². The van der Waals surface area contributed by atoms with Gasteiger partial charge in [-0.15, -0.1) is 0 Å². The van der Waals surface area contributed by atoms with Crippen LogP contribution < -0.4 is 0 Å². The number of aromatic nitrogens is 3. The number of nitrogens with zero attached hydrogens (tertiary/aromatic N) is 5. The standard InChI is InChI=1S/C21H29N5O2S2/c1-5-17-8-10-18(11-9-17)14-23(4)16-26-21(29)25-15-19(12-13-20(25)22-26)30(27,28)24(6-2)7-3/h8-13,15H,5-7,14,16H2,1-4H3. The Morgan fingerprint density at radius 3 is 2.23 bits per heavy atom. The van der Waals surface area contributed by atoms with Crippen molar-refractivity contribution in [3.63, 3.8) is 0 Å². The molecule has 0 bridgehead atoms. The average molecular weight is 448 g/mol. The molecule has 0 atom stereocenters. The number of hydrogen-bond donors (Lipinski definition) is 0. The summed E-state index contributed by atoms with van der Waals surface area (Å²) in [6, 6.07) is 11.9. The van der Waals surface area contributed by atoms with Crippen LogP contribution in [0.1, 0.15) is 31.9 Å². The SMILES string of the molecule is CCc1ccc(CN(C)Cn2nc3ccc(S(=O)(=O)N(CC)CC)cn3c2=S)cc1. The molecule has 30 heavy (non-hydrogen) atoms. The van der Waals surface area contributed by atoms with Crippen LogP contribution in [0.3, 0.4) is 0 Å². The summed E-state index contributed by atoms with van der Waals surface area (Å²) < 4.78 is 30.9. The number of sulfonamides is 1. The fourth-order valence-corrected chi connectivity index (χ4v) is 5.13. The molecule has 2 heterocycles. The van der Waals surface area contributed by atoms with E-state index in [0.29, 0.717) is 30.2 Å². The van der Waals surface area contributed by atoms with Gasteiger partial charge >= 0.3 is 0 Å². The lowest BCUT2D eigenvalue weighted by Crippen LogP contribution is -2.30. The van der Waals surface area contributed by atoms with Crippen LogP contribution in [0.5, 0.6) is 0 Å². The van der Waals surface area contributed by atoms with Crippen LogP contribution in [0.15, 0.2) is 47.5 Å². The lowest BCUT2D eigenvalue weighted by atomic mass is 10.1. The van der Waals surface area contributed by atoms with Crippen molar-refractivity contribution >= 4 is 27.9 Å². The summed E-state index contributed by atoms with van der Waals surface area (Å²) in [5.41, 5.74) is 3.16. The smallest absolute Gasteiger partial charge is 0.244 e. The summed E-state index contributed by atoms with van der Waals surface area (Å²) in [7, 11) is -1.54. The summed E-state index contributed by atoms with van der Waals surface area (Å²) in [6.45, 7) is 7.92. The molecule has 0 unspecified atom stereocenters. The van der Waals surface area contributed by atoms with E-state index in [4.69, 9.17) is 12.2 Å². The van der Waals surface area contributed by atoms with E-state index in [1.54, 1.807) is 27.4 Å². The minimum Gasteiger partial charge on any atom is -0.283 e. The second kappa shape index (κ2) is 9.38. The van der Waals surface area contributed by atoms with Gasteiger partial charge in [-0.05, 0) is 48.9 Å². The van der Waals surface area contributed by atoms with E-state index in [1.807, 2.05) is 20.9 Å². The second-order valence-electron chi connectivity index (χ2n) is 7.29. The second-order valence-corrected chi connectivity index (χ2v) is 9.59. The van der Waals surface area contributed by atoms with E-state index in [2.05, 4.69) is 41.2 Å². The molecule has 0 amide bonds. The topological polar surface area (TPSA) is 62.9 Å². The van der Waals surface area contributed by atoms with E-state index in [-0.39, 0.29) is 4.90 Å². The highest BCUT2D eigenvalue weighted by molar-refractivity contribution is 7.89. The number of fused-ring (bicyclic) bond motifs is 1. The molecule has 2 aromatic heterocycles. The van der Waals surface area contributed by atoms with Gasteiger partial charge in [0.25, 0.3) is 0 Å². The first kappa shape index (κ1) is 22.6. The zero-order valence-corrected chi connectivity index (χ0v) is 19.6. The molecular weight excluding hydrogens is 418 g/mol. The van der Waals surface area contributed by atoms with Crippen molar-refractivity contribution in [1.29, 1.82) is 0 Å². The molecule has 0 spiro atoms. The van der Waals surface area contributed by atoms with Crippen LogP contribution in [0.25, 0.3) is 5.65 Å². The van der Waals surface area contributed by atoms with Crippen molar-refractivity contribution in [3.05, 3.63) is 58.5 Å². The Balaban J connectivity index is 1.83. The normalized spacial score (nSPS) is 12.3. The third kappa shape index (κ3) is 4.64. The number of aryl methyl sites for hydroxylation is 1. The molecule has 0 saturated heterocycles. The average Bonchev–Trinajstić information content (AvgIpc) is 3.04. The van der Waals surface area contributed by atoms with Crippen molar-refractivity contribution in [2.24, 2.45) is 0 Å². The largest absolute Gasteiger partial charge is 0.283 e. The Bertz CT molecular complexity index is 1160. The van der Waals surface area contributed by atoms with Crippen molar-refractivity contribution in [3.8, 4) is 0 Å². The number of rotatable bonds is 9. The Morgan fingerprint density at radius 1 is 1.00 bits per heavy atom. The van der Waals surface area contributed by atoms with Crippen LogP contribution in [0.4, 0.5) is 0 Å². The van der Waals surface area contributed by atoms with Crippen molar-refractivity contribution in [2.45, 2.75) is 45.3 Å². The lowest BCUT2D eigenvalue weighted by molar-refractivity contribution is 0.244. The molecule has 0 aliphatic heterocycles. The Morgan fingerprint density at radius 2 is 1.63 bits per heavy atom. The highest BCUT2D eigenvalue weighted by Crippen LogP contribution is 2.17. The van der Waals surface area contributed by atoms with Crippen LogP contribution in [-0.2, 0) is 29.7 Å². The molecule has 0 fully saturated rings. The minimum atomic E-state index is -3.55. The van der Waals surface area contributed by atoms with Crippen molar-refractivity contribution < 1.29 is 8.42 Å². The zero-order valence-electron chi connectivity index (χ0n) is 17.9. The van der Waals surface area contributed by atoms with Gasteiger partial charge in [-0.1, -0.05) is 45.0 Å². The molecule has 0 aliphatic carbocycles. The highest BCUT2D eigenvalue weighted by Gasteiger charge is 2.22. The van der Waals surface area contributed by atoms with Crippen molar-refractivity contribution in [2.75, 3.05) is 20.1 Å². The molecule has 9 heteroatoms. The number of pyridine rings is 1. The monoisotopic (exact) mass is 447 g/mol. The molecule has 3 aromatic rings. The third-order valence-corrected chi connectivity index (χ3v) is 7.59. The van der Waals surface area contributed by atoms with E-state index in [9.17, 15) is 8.42 Å². The summed E-state index contributed by atoms with van der Waals surface area (Å²) in [6.07, 6.45) is 2.59. The predicted molar refractivity (Wildman–Crippen MR) is 121 cm³/mol. The van der Waals surface area contributed by atoms with Crippen LogP contribution in [0.2, 0.25) is 0 Å². The van der Waals surface area contributed by atoms with Gasteiger partial charge in [0.1, 0.15) is 0 Å². The van der Waals surface area contributed by atoms with Gasteiger partial charge in [0, 0.05) is 25.8 Å². The van der Waals surface area contributed by atoms with E-state index in [1.165, 1.54) is 15.4 Å². The minimum absolute atomic E-state index is 0.221. The Kier molecular flexibility index (Phi) is 7.07. The molecule has 0 aliphatic rings. The quantitative estimate of drug-likeness (QED) is 0.470. The molecule has 0 saturated carbocycles. The predicted octanol–water partition coefficient (Wildman–Crippen LogP) is 3.55. The van der Waals surface area contributed by atoms with Crippen LogP contribution in [-0.4, -0.2) is 51.9 Å². The summed E-state index contributed by atoms with van der Waals surface area (Å²) >= 11 is 5.58. The van der Waals surface area contributed by atoms with Crippen LogP contribution in [0, 0.1) is 4.77 Å². The van der Waals surface area contributed by atoms with Gasteiger partial charge in [-0.2, -0.15) is 9.40 Å².